The summed E-state index contributed by atoms with van der Waals surface area (Å²) in [7, 11) is 6.59. The van der Waals surface area contributed by atoms with Crippen molar-refractivity contribution in [3.05, 3.63) is 34.1 Å². The minimum Gasteiger partial charge on any atom is -0.508 e. The van der Waals surface area contributed by atoms with Crippen LogP contribution < -0.4 is 16.0 Å². The predicted molar refractivity (Wildman–Crippen MR) is 150 cm³/mol. The molecule has 3 aliphatic carbocycles. The Morgan fingerprint density at radius 2 is 1.82 bits per heavy atom. The fourth-order valence-electron chi connectivity index (χ4n) is 6.23. The van der Waals surface area contributed by atoms with Crippen molar-refractivity contribution in [2.24, 2.45) is 17.6 Å². The van der Waals surface area contributed by atoms with Gasteiger partial charge in [0, 0.05) is 43.0 Å². The zero-order chi connectivity index (χ0) is 29.8. The molecule has 4 rings (SSSR count). The standard InChI is InChI=1S/C27H33BrN4O8/c1-31(2)15-10-14(30-16(33)6-5-7-28)21(34)18-12(15)8-11-9-13-20(32(3)4)23(36)19(26(29)39)25(38)27(13,40)24(37)17(11)22(18)35/h10-11,13,20,34-35,38,40H,5-9H2,1-4H3,(H2,29,39)(H,30,33)/t11?,13?,20-,27?/m0/s1. The third-order valence-electron chi connectivity index (χ3n) is 7.99. The molecule has 4 atom stereocenters. The van der Waals surface area contributed by atoms with Crippen molar-refractivity contribution in [1.82, 2.24) is 4.90 Å². The van der Waals surface area contributed by atoms with Gasteiger partial charge in [-0.2, -0.15) is 0 Å². The molecule has 12 nitrogen and oxygen atoms in total. The maximum Gasteiger partial charge on any atom is 0.255 e. The number of alkyl halides is 1. The first-order chi connectivity index (χ1) is 18.7. The van der Waals surface area contributed by atoms with E-state index < -0.39 is 63.8 Å². The van der Waals surface area contributed by atoms with Crippen molar-refractivity contribution in [3.63, 3.8) is 0 Å². The number of nitrogens with two attached hydrogens (primary N) is 1. The van der Waals surface area contributed by atoms with Crippen LogP contribution in [0.1, 0.15) is 30.4 Å². The smallest absolute Gasteiger partial charge is 0.255 e. The summed E-state index contributed by atoms with van der Waals surface area (Å²) in [5, 5.41) is 48.6. The first-order valence-electron chi connectivity index (χ1n) is 12.7. The predicted octanol–water partition coefficient (Wildman–Crippen LogP) is 1.14. The summed E-state index contributed by atoms with van der Waals surface area (Å²) in [6, 6.07) is 0.427. The molecule has 0 heterocycles. The Morgan fingerprint density at radius 1 is 1.18 bits per heavy atom. The average Bonchev–Trinajstić information content (AvgIpc) is 2.85. The average molecular weight is 621 g/mol. The summed E-state index contributed by atoms with van der Waals surface area (Å²) in [6.45, 7) is 0. The van der Waals surface area contributed by atoms with Gasteiger partial charge in [0.05, 0.1) is 17.3 Å². The number of aliphatic hydroxyl groups excluding tert-OH is 2. The molecule has 0 spiro atoms. The number of benzene rings is 1. The molecule has 13 heteroatoms. The van der Waals surface area contributed by atoms with Crippen LogP contribution in [0.5, 0.6) is 5.75 Å². The second-order valence-corrected chi connectivity index (χ2v) is 11.6. The van der Waals surface area contributed by atoms with Gasteiger partial charge in [-0.05, 0) is 50.9 Å². The number of fused-ring (bicyclic) bond motifs is 3. The number of Topliss-reactive ketones (excluding diaryl/α,β-unsaturated/α-hetero) is 2. The van der Waals surface area contributed by atoms with E-state index in [2.05, 4.69) is 21.2 Å². The van der Waals surface area contributed by atoms with Gasteiger partial charge in [-0.15, -0.1) is 0 Å². The number of carbonyl (C=O) groups is 4. The van der Waals surface area contributed by atoms with Gasteiger partial charge in [0.15, 0.2) is 11.4 Å². The Bertz CT molecular complexity index is 1380. The van der Waals surface area contributed by atoms with Gasteiger partial charge >= 0.3 is 0 Å². The first kappa shape index (κ1) is 29.6. The van der Waals surface area contributed by atoms with Gasteiger partial charge in [-0.3, -0.25) is 24.1 Å². The van der Waals surface area contributed by atoms with Crippen molar-refractivity contribution >= 4 is 56.4 Å². The number of ketones is 2. The van der Waals surface area contributed by atoms with Crippen LogP contribution in [-0.4, -0.2) is 93.9 Å². The lowest BCUT2D eigenvalue weighted by Gasteiger charge is -2.50. The second kappa shape index (κ2) is 10.5. The molecule has 2 amide bonds. The number of nitrogens with one attached hydrogen (secondary N) is 1. The van der Waals surface area contributed by atoms with E-state index in [1.165, 1.54) is 4.90 Å². The van der Waals surface area contributed by atoms with Gasteiger partial charge in [-0.25, -0.2) is 0 Å². The highest BCUT2D eigenvalue weighted by molar-refractivity contribution is 9.09. The molecule has 0 aliphatic heterocycles. The number of hydrogen-bond acceptors (Lipinski definition) is 10. The van der Waals surface area contributed by atoms with Crippen LogP contribution in [0.4, 0.5) is 11.4 Å². The van der Waals surface area contributed by atoms with Crippen molar-refractivity contribution in [2.45, 2.75) is 37.3 Å². The number of likely N-dealkylation sites (N-methyl/N-ethyl adjacent to an activating group) is 1. The molecule has 3 aliphatic rings. The molecule has 7 N–H and O–H groups in total. The Kier molecular flexibility index (Phi) is 7.78. The fraction of sp³-hybridized carbons (Fsp3) is 0.481. The molecular weight excluding hydrogens is 588 g/mol. The van der Waals surface area contributed by atoms with Crippen LogP contribution in [0.3, 0.4) is 0 Å². The van der Waals surface area contributed by atoms with Gasteiger partial charge in [0.1, 0.15) is 22.8 Å². The van der Waals surface area contributed by atoms with Gasteiger partial charge < -0.3 is 36.4 Å². The van der Waals surface area contributed by atoms with E-state index >= 15 is 0 Å². The van der Waals surface area contributed by atoms with E-state index in [9.17, 15) is 39.6 Å². The molecule has 1 aromatic carbocycles. The Hall–Kier alpha value is -3.42. The fourth-order valence-corrected chi connectivity index (χ4v) is 6.51. The summed E-state index contributed by atoms with van der Waals surface area (Å²) >= 11 is 3.27. The number of amides is 2. The van der Waals surface area contributed by atoms with E-state index in [1.807, 2.05) is 0 Å². The normalized spacial score (nSPS) is 25.9. The number of anilines is 2. The molecule has 0 saturated heterocycles. The highest BCUT2D eigenvalue weighted by Gasteiger charge is 2.64. The van der Waals surface area contributed by atoms with E-state index in [1.54, 1.807) is 39.2 Å². The highest BCUT2D eigenvalue weighted by atomic mass is 79.9. The first-order valence-corrected chi connectivity index (χ1v) is 13.9. The Balaban J connectivity index is 1.93. The number of primary amides is 1. The zero-order valence-electron chi connectivity index (χ0n) is 22.6. The molecule has 40 heavy (non-hydrogen) atoms. The maximum atomic E-state index is 14.0. The van der Waals surface area contributed by atoms with Crippen LogP contribution >= 0.6 is 15.9 Å². The minimum atomic E-state index is -2.72. The highest BCUT2D eigenvalue weighted by Crippen LogP contribution is 2.54. The molecule has 216 valence electrons. The van der Waals surface area contributed by atoms with Crippen LogP contribution in [-0.2, 0) is 25.6 Å². The summed E-state index contributed by atoms with van der Waals surface area (Å²) < 4.78 is 0. The zero-order valence-corrected chi connectivity index (χ0v) is 24.2. The number of aliphatic hydroxyl groups is 3. The number of aromatic hydroxyl groups is 1. The minimum absolute atomic E-state index is 0.00950. The number of halogens is 1. The lowest BCUT2D eigenvalue weighted by Crippen LogP contribution is -2.65. The van der Waals surface area contributed by atoms with Crippen molar-refractivity contribution in [2.75, 3.05) is 43.7 Å². The lowest BCUT2D eigenvalue weighted by atomic mass is 9.57. The SMILES string of the molecule is CN(C)c1cc(NC(=O)CCCBr)c(O)c2c1CC1CC3[C@H](N(C)C)C(=O)C(C(N)=O)=C(O)C3(O)C(=O)C1=C2O. The molecular formula is C27H33BrN4O8. The van der Waals surface area contributed by atoms with Crippen LogP contribution in [0.15, 0.2) is 23.0 Å². The van der Waals surface area contributed by atoms with Gasteiger partial charge in [0.2, 0.25) is 11.7 Å². The Morgan fingerprint density at radius 3 is 2.38 bits per heavy atom. The van der Waals surface area contributed by atoms with Crippen molar-refractivity contribution < 1.29 is 39.6 Å². The summed E-state index contributed by atoms with van der Waals surface area (Å²) in [5.41, 5.74) is 2.54. The topological polar surface area (TPSA) is 194 Å². The number of phenols is 1. The van der Waals surface area contributed by atoms with Gasteiger partial charge in [-0.1, -0.05) is 15.9 Å². The van der Waals surface area contributed by atoms with E-state index in [0.717, 1.165) is 0 Å². The third-order valence-corrected chi connectivity index (χ3v) is 8.55. The monoisotopic (exact) mass is 620 g/mol. The largest absolute Gasteiger partial charge is 0.508 e. The van der Waals surface area contributed by atoms with Gasteiger partial charge in [0.25, 0.3) is 5.91 Å². The molecule has 0 aromatic heterocycles. The van der Waals surface area contributed by atoms with E-state index in [-0.39, 0.29) is 42.0 Å². The van der Waals surface area contributed by atoms with Crippen molar-refractivity contribution in [1.29, 1.82) is 0 Å². The van der Waals surface area contributed by atoms with Crippen LogP contribution in [0, 0.1) is 11.8 Å². The van der Waals surface area contributed by atoms with Crippen LogP contribution in [0.25, 0.3) is 5.76 Å². The number of hydrogen-bond donors (Lipinski definition) is 6. The van der Waals surface area contributed by atoms with E-state index in [4.69, 9.17) is 5.73 Å². The van der Waals surface area contributed by atoms with Crippen LogP contribution in [0.2, 0.25) is 0 Å². The number of phenolic OH excluding ortho intramolecular Hbond substituents is 1. The summed E-state index contributed by atoms with van der Waals surface area (Å²) in [4.78, 5) is 55.0. The number of rotatable bonds is 7. The van der Waals surface area contributed by atoms with Crippen molar-refractivity contribution in [3.8, 4) is 5.75 Å². The molecule has 0 radical (unpaired) electrons. The molecule has 0 bridgehead atoms. The molecule has 1 aromatic rings. The number of carbonyl (C=O) groups excluding carboxylic acids is 4. The second-order valence-electron chi connectivity index (χ2n) is 10.8. The molecule has 1 fully saturated rings. The third kappa shape index (κ3) is 4.36. The maximum absolute atomic E-state index is 14.0. The molecule has 1 saturated carbocycles. The Labute approximate surface area is 239 Å². The molecule has 3 unspecified atom stereocenters. The number of nitrogens with zero attached hydrogens (tertiary/aromatic N) is 2. The quantitative estimate of drug-likeness (QED) is 0.146. The summed E-state index contributed by atoms with van der Waals surface area (Å²) in [6.07, 6.45) is 0.878. The lowest BCUT2D eigenvalue weighted by molar-refractivity contribution is -0.153. The summed E-state index contributed by atoms with van der Waals surface area (Å²) in [5.74, 6) is -7.62. The van der Waals surface area contributed by atoms with E-state index in [0.29, 0.717) is 23.0 Å².